The molecule has 1 aliphatic heterocycles. The molecule has 0 aromatic carbocycles. The number of nitrogens with zero attached hydrogens (tertiary/aromatic N) is 2. The lowest BCUT2D eigenvalue weighted by Crippen LogP contribution is -2.52. The lowest BCUT2D eigenvalue weighted by molar-refractivity contribution is -0.124. The van der Waals surface area contributed by atoms with Crippen LogP contribution in [0.1, 0.15) is 46.0 Å². The molecule has 0 aromatic rings. The minimum atomic E-state index is -0.657. The summed E-state index contributed by atoms with van der Waals surface area (Å²) in [4.78, 5) is 14.3. The van der Waals surface area contributed by atoms with Crippen LogP contribution in [0, 0.1) is 17.2 Å². The molecule has 1 heterocycles. The Morgan fingerprint density at radius 3 is 2.72 bits per heavy atom. The second-order valence-electron chi connectivity index (χ2n) is 5.95. The summed E-state index contributed by atoms with van der Waals surface area (Å²) in [5, 5.41) is 12.2. The average molecular weight is 249 g/mol. The van der Waals surface area contributed by atoms with Gasteiger partial charge in [0.1, 0.15) is 5.54 Å². The Kier molecular flexibility index (Phi) is 3.91. The summed E-state index contributed by atoms with van der Waals surface area (Å²) in [6.07, 6.45) is 5.73. The van der Waals surface area contributed by atoms with Crippen LogP contribution in [0.2, 0.25) is 0 Å². The fraction of sp³-hybridized carbons (Fsp3) is 0.857. The van der Waals surface area contributed by atoms with Crippen molar-refractivity contribution in [3.63, 3.8) is 0 Å². The van der Waals surface area contributed by atoms with Crippen molar-refractivity contribution < 1.29 is 4.79 Å². The van der Waals surface area contributed by atoms with Crippen LogP contribution in [0.3, 0.4) is 0 Å². The third kappa shape index (κ3) is 3.02. The van der Waals surface area contributed by atoms with Gasteiger partial charge in [0, 0.05) is 6.04 Å². The summed E-state index contributed by atoms with van der Waals surface area (Å²) >= 11 is 0. The zero-order chi connectivity index (χ0) is 13.2. The summed E-state index contributed by atoms with van der Waals surface area (Å²) in [7, 11) is 0. The van der Waals surface area contributed by atoms with Gasteiger partial charge >= 0.3 is 0 Å². The smallest absolute Gasteiger partial charge is 0.235 e. The third-order valence-corrected chi connectivity index (χ3v) is 4.31. The van der Waals surface area contributed by atoms with E-state index in [-0.39, 0.29) is 5.91 Å². The van der Waals surface area contributed by atoms with Crippen LogP contribution in [0.15, 0.2) is 0 Å². The highest BCUT2D eigenvalue weighted by Gasteiger charge is 2.43. The number of likely N-dealkylation sites (tertiary alicyclic amines) is 1. The molecule has 100 valence electrons. The van der Waals surface area contributed by atoms with Gasteiger partial charge in [-0.05, 0) is 52.0 Å². The Balaban J connectivity index is 1.86. The number of rotatable bonds is 4. The predicted molar refractivity (Wildman–Crippen MR) is 69.8 cm³/mol. The van der Waals surface area contributed by atoms with Gasteiger partial charge in [-0.15, -0.1) is 0 Å². The maximum absolute atomic E-state index is 12.1. The number of piperidine rings is 1. The lowest BCUT2D eigenvalue weighted by atomic mass is 9.97. The molecule has 1 saturated heterocycles. The fourth-order valence-electron chi connectivity index (χ4n) is 2.79. The number of hydrogen-bond donors (Lipinski definition) is 1. The van der Waals surface area contributed by atoms with E-state index in [0.29, 0.717) is 18.5 Å². The van der Waals surface area contributed by atoms with Crippen LogP contribution < -0.4 is 5.32 Å². The van der Waals surface area contributed by atoms with Gasteiger partial charge in [-0.25, -0.2) is 0 Å². The van der Waals surface area contributed by atoms with Crippen molar-refractivity contribution in [2.24, 2.45) is 5.92 Å². The Morgan fingerprint density at radius 2 is 2.17 bits per heavy atom. The van der Waals surface area contributed by atoms with Crippen LogP contribution in [-0.2, 0) is 4.79 Å². The topological polar surface area (TPSA) is 56.1 Å². The van der Waals surface area contributed by atoms with E-state index in [0.717, 1.165) is 19.4 Å². The summed E-state index contributed by atoms with van der Waals surface area (Å²) in [6, 6.07) is 2.75. The first-order valence-corrected chi connectivity index (χ1v) is 7.01. The van der Waals surface area contributed by atoms with Gasteiger partial charge in [0.2, 0.25) is 5.91 Å². The molecule has 0 spiro atoms. The van der Waals surface area contributed by atoms with Gasteiger partial charge in [-0.2, -0.15) is 5.26 Å². The van der Waals surface area contributed by atoms with Crippen molar-refractivity contribution in [3.8, 4) is 6.07 Å². The molecule has 4 heteroatoms. The van der Waals surface area contributed by atoms with Gasteiger partial charge in [0.25, 0.3) is 0 Å². The summed E-state index contributed by atoms with van der Waals surface area (Å²) in [6.45, 7) is 5.46. The molecule has 1 amide bonds. The molecular weight excluding hydrogens is 226 g/mol. The van der Waals surface area contributed by atoms with Crippen molar-refractivity contribution in [1.82, 2.24) is 10.2 Å². The molecule has 0 unspecified atom stereocenters. The first kappa shape index (κ1) is 13.4. The molecule has 0 bridgehead atoms. The largest absolute Gasteiger partial charge is 0.337 e. The van der Waals surface area contributed by atoms with Gasteiger partial charge in [0.05, 0.1) is 12.6 Å². The van der Waals surface area contributed by atoms with E-state index < -0.39 is 5.54 Å². The molecule has 18 heavy (non-hydrogen) atoms. The number of nitriles is 1. The van der Waals surface area contributed by atoms with Crippen molar-refractivity contribution in [1.29, 1.82) is 5.26 Å². The van der Waals surface area contributed by atoms with Crippen molar-refractivity contribution in [2.45, 2.75) is 57.5 Å². The maximum atomic E-state index is 12.1. The summed E-state index contributed by atoms with van der Waals surface area (Å²) in [5.74, 6) is 0.352. The van der Waals surface area contributed by atoms with Gasteiger partial charge < -0.3 is 5.32 Å². The molecule has 2 rings (SSSR count). The Labute approximate surface area is 109 Å². The molecule has 0 radical (unpaired) electrons. The first-order chi connectivity index (χ1) is 8.55. The minimum absolute atomic E-state index is 0.000278. The van der Waals surface area contributed by atoms with Gasteiger partial charge in [-0.1, -0.05) is 6.42 Å². The Bertz CT molecular complexity index is 359. The molecule has 0 aromatic heterocycles. The quantitative estimate of drug-likeness (QED) is 0.824. The molecular formula is C14H23N3O. The van der Waals surface area contributed by atoms with Crippen LogP contribution in [0.5, 0.6) is 0 Å². The number of carbonyl (C=O) groups is 1. The molecule has 2 atom stereocenters. The SMILES string of the molecule is C[C@H]1CCCCN1CC(=O)N[C@@](C)(C#N)C1CC1. The number of hydrogen-bond acceptors (Lipinski definition) is 3. The standard InChI is InChI=1S/C14H23N3O/c1-11-5-3-4-8-17(11)9-13(18)16-14(2,10-15)12-6-7-12/h11-12H,3-9H2,1-2H3,(H,16,18)/t11-,14-/m0/s1. The van der Waals surface area contributed by atoms with Gasteiger partial charge in [-0.3, -0.25) is 9.69 Å². The second-order valence-corrected chi connectivity index (χ2v) is 5.95. The first-order valence-electron chi connectivity index (χ1n) is 7.01. The van der Waals surface area contributed by atoms with Crippen LogP contribution in [-0.4, -0.2) is 35.5 Å². The van der Waals surface area contributed by atoms with E-state index >= 15 is 0 Å². The monoisotopic (exact) mass is 249 g/mol. The molecule has 1 N–H and O–H groups in total. The molecule has 2 fully saturated rings. The van der Waals surface area contributed by atoms with Crippen molar-refractivity contribution in [2.75, 3.05) is 13.1 Å². The number of nitrogens with one attached hydrogen (secondary N) is 1. The van der Waals surface area contributed by atoms with E-state index in [1.807, 2.05) is 6.92 Å². The Morgan fingerprint density at radius 1 is 1.44 bits per heavy atom. The van der Waals surface area contributed by atoms with Crippen LogP contribution in [0.25, 0.3) is 0 Å². The molecule has 1 aliphatic carbocycles. The number of amides is 1. The van der Waals surface area contributed by atoms with E-state index in [1.165, 1.54) is 19.3 Å². The van der Waals surface area contributed by atoms with E-state index in [2.05, 4.69) is 23.2 Å². The number of carbonyl (C=O) groups excluding carboxylic acids is 1. The minimum Gasteiger partial charge on any atom is -0.337 e. The maximum Gasteiger partial charge on any atom is 0.235 e. The average Bonchev–Trinajstić information content (AvgIpc) is 3.16. The highest BCUT2D eigenvalue weighted by Crippen LogP contribution is 2.39. The molecule has 1 saturated carbocycles. The van der Waals surface area contributed by atoms with Crippen LogP contribution in [0.4, 0.5) is 0 Å². The lowest BCUT2D eigenvalue weighted by Gasteiger charge is -2.33. The molecule has 4 nitrogen and oxygen atoms in total. The van der Waals surface area contributed by atoms with Crippen molar-refractivity contribution >= 4 is 5.91 Å². The Hall–Kier alpha value is -1.08. The molecule has 2 aliphatic rings. The van der Waals surface area contributed by atoms with Crippen molar-refractivity contribution in [3.05, 3.63) is 0 Å². The third-order valence-electron chi connectivity index (χ3n) is 4.31. The van der Waals surface area contributed by atoms with E-state index in [1.54, 1.807) is 0 Å². The fourth-order valence-corrected chi connectivity index (χ4v) is 2.79. The highest BCUT2D eigenvalue weighted by molar-refractivity contribution is 5.79. The predicted octanol–water partition coefficient (Wildman–Crippen LogP) is 1.67. The zero-order valence-electron chi connectivity index (χ0n) is 11.4. The zero-order valence-corrected chi connectivity index (χ0v) is 11.4. The normalized spacial score (nSPS) is 28.2. The highest BCUT2D eigenvalue weighted by atomic mass is 16.2. The van der Waals surface area contributed by atoms with Crippen LogP contribution >= 0.6 is 0 Å². The summed E-state index contributed by atoms with van der Waals surface area (Å²) < 4.78 is 0. The van der Waals surface area contributed by atoms with E-state index in [4.69, 9.17) is 0 Å². The van der Waals surface area contributed by atoms with E-state index in [9.17, 15) is 10.1 Å². The summed E-state index contributed by atoms with van der Waals surface area (Å²) in [5.41, 5.74) is -0.657. The second kappa shape index (κ2) is 5.27. The van der Waals surface area contributed by atoms with Gasteiger partial charge in [0.15, 0.2) is 0 Å².